The Morgan fingerprint density at radius 1 is 1.19 bits per heavy atom. The molecule has 1 N–H and O–H groups in total. The van der Waals surface area contributed by atoms with Crippen LogP contribution in [-0.2, 0) is 11.3 Å². The SMILES string of the molecule is COc1ccc(OCCNC(=O)C2CCCN2Cc2cccc(C)c2)cc1. The molecule has 0 aromatic heterocycles. The first-order valence-electron chi connectivity index (χ1n) is 9.50. The largest absolute Gasteiger partial charge is 0.497 e. The van der Waals surface area contributed by atoms with E-state index in [4.69, 9.17) is 9.47 Å². The quantitative estimate of drug-likeness (QED) is 0.727. The number of hydrogen-bond donors (Lipinski definition) is 1. The number of rotatable bonds is 8. The second-order valence-electron chi connectivity index (χ2n) is 6.93. The molecule has 27 heavy (non-hydrogen) atoms. The number of carbonyl (C=O) groups is 1. The molecule has 1 aliphatic rings. The Hall–Kier alpha value is -2.53. The van der Waals surface area contributed by atoms with E-state index in [1.165, 1.54) is 11.1 Å². The molecule has 1 amide bonds. The van der Waals surface area contributed by atoms with Gasteiger partial charge in [-0.05, 0) is 56.1 Å². The molecule has 2 aromatic carbocycles. The third-order valence-corrected chi connectivity index (χ3v) is 4.86. The molecule has 5 nitrogen and oxygen atoms in total. The Kier molecular flexibility index (Phi) is 6.71. The number of carbonyl (C=O) groups excluding carboxylic acids is 1. The van der Waals surface area contributed by atoms with Crippen molar-refractivity contribution in [1.29, 1.82) is 0 Å². The summed E-state index contributed by atoms with van der Waals surface area (Å²) in [7, 11) is 1.64. The predicted molar refractivity (Wildman–Crippen MR) is 106 cm³/mol. The van der Waals surface area contributed by atoms with Crippen LogP contribution in [-0.4, -0.2) is 43.7 Å². The van der Waals surface area contributed by atoms with Crippen molar-refractivity contribution in [2.24, 2.45) is 0 Å². The smallest absolute Gasteiger partial charge is 0.237 e. The highest BCUT2D eigenvalue weighted by molar-refractivity contribution is 5.82. The number of methoxy groups -OCH3 is 1. The Morgan fingerprint density at radius 2 is 1.96 bits per heavy atom. The van der Waals surface area contributed by atoms with Crippen LogP contribution in [0.4, 0.5) is 0 Å². The maximum Gasteiger partial charge on any atom is 0.237 e. The molecule has 1 unspecified atom stereocenters. The van der Waals surface area contributed by atoms with Gasteiger partial charge in [-0.1, -0.05) is 29.8 Å². The highest BCUT2D eigenvalue weighted by atomic mass is 16.5. The van der Waals surface area contributed by atoms with E-state index >= 15 is 0 Å². The van der Waals surface area contributed by atoms with Crippen molar-refractivity contribution in [1.82, 2.24) is 10.2 Å². The van der Waals surface area contributed by atoms with E-state index in [1.807, 2.05) is 24.3 Å². The van der Waals surface area contributed by atoms with Crippen LogP contribution < -0.4 is 14.8 Å². The number of nitrogens with zero attached hydrogens (tertiary/aromatic N) is 1. The first-order valence-corrected chi connectivity index (χ1v) is 9.50. The minimum Gasteiger partial charge on any atom is -0.497 e. The van der Waals surface area contributed by atoms with Crippen molar-refractivity contribution < 1.29 is 14.3 Å². The number of aryl methyl sites for hydroxylation is 1. The summed E-state index contributed by atoms with van der Waals surface area (Å²) in [4.78, 5) is 14.9. The summed E-state index contributed by atoms with van der Waals surface area (Å²) >= 11 is 0. The second-order valence-corrected chi connectivity index (χ2v) is 6.93. The van der Waals surface area contributed by atoms with Gasteiger partial charge in [-0.25, -0.2) is 0 Å². The van der Waals surface area contributed by atoms with Crippen molar-refractivity contribution in [3.63, 3.8) is 0 Å². The molecule has 0 spiro atoms. The van der Waals surface area contributed by atoms with Gasteiger partial charge in [-0.2, -0.15) is 0 Å². The van der Waals surface area contributed by atoms with E-state index in [9.17, 15) is 4.79 Å². The van der Waals surface area contributed by atoms with Crippen LogP contribution >= 0.6 is 0 Å². The Labute approximate surface area is 161 Å². The first kappa shape index (κ1) is 19.2. The van der Waals surface area contributed by atoms with E-state index in [2.05, 4.69) is 41.4 Å². The van der Waals surface area contributed by atoms with Gasteiger partial charge in [-0.3, -0.25) is 9.69 Å². The van der Waals surface area contributed by atoms with Crippen LogP contribution in [0.5, 0.6) is 11.5 Å². The monoisotopic (exact) mass is 368 g/mol. The highest BCUT2D eigenvalue weighted by Crippen LogP contribution is 2.21. The lowest BCUT2D eigenvalue weighted by Crippen LogP contribution is -2.44. The van der Waals surface area contributed by atoms with E-state index in [1.54, 1.807) is 7.11 Å². The molecule has 144 valence electrons. The number of benzene rings is 2. The molecular formula is C22H28N2O3. The van der Waals surface area contributed by atoms with Gasteiger partial charge in [0, 0.05) is 6.54 Å². The van der Waals surface area contributed by atoms with Gasteiger partial charge in [0.1, 0.15) is 18.1 Å². The van der Waals surface area contributed by atoms with Gasteiger partial charge < -0.3 is 14.8 Å². The van der Waals surface area contributed by atoms with E-state index in [-0.39, 0.29) is 11.9 Å². The zero-order valence-electron chi connectivity index (χ0n) is 16.1. The molecule has 1 fully saturated rings. The molecule has 3 rings (SSSR count). The molecule has 1 aliphatic heterocycles. The molecular weight excluding hydrogens is 340 g/mol. The molecule has 0 saturated carbocycles. The number of likely N-dealkylation sites (tertiary alicyclic amines) is 1. The summed E-state index contributed by atoms with van der Waals surface area (Å²) in [5.41, 5.74) is 2.51. The average molecular weight is 368 g/mol. The summed E-state index contributed by atoms with van der Waals surface area (Å²) in [5, 5.41) is 3.01. The Bertz CT molecular complexity index is 745. The Morgan fingerprint density at radius 3 is 2.70 bits per heavy atom. The third-order valence-electron chi connectivity index (χ3n) is 4.86. The fourth-order valence-corrected chi connectivity index (χ4v) is 3.49. The van der Waals surface area contributed by atoms with Crippen LogP contribution in [0.15, 0.2) is 48.5 Å². The van der Waals surface area contributed by atoms with Crippen LogP contribution in [0.2, 0.25) is 0 Å². The summed E-state index contributed by atoms with van der Waals surface area (Å²) in [6.07, 6.45) is 1.98. The molecule has 0 aliphatic carbocycles. The minimum atomic E-state index is -0.0495. The van der Waals surface area contributed by atoms with Crippen LogP contribution in [0.1, 0.15) is 24.0 Å². The summed E-state index contributed by atoms with van der Waals surface area (Å²) < 4.78 is 10.8. The van der Waals surface area contributed by atoms with Crippen molar-refractivity contribution >= 4 is 5.91 Å². The lowest BCUT2D eigenvalue weighted by atomic mass is 10.1. The fourth-order valence-electron chi connectivity index (χ4n) is 3.49. The maximum atomic E-state index is 12.6. The number of amides is 1. The van der Waals surface area contributed by atoms with E-state index in [0.717, 1.165) is 37.4 Å². The second kappa shape index (κ2) is 9.42. The molecule has 1 atom stereocenters. The number of nitrogens with one attached hydrogen (secondary N) is 1. The maximum absolute atomic E-state index is 12.6. The predicted octanol–water partition coefficient (Wildman–Crippen LogP) is 3.16. The van der Waals surface area contributed by atoms with Crippen molar-refractivity contribution in [2.45, 2.75) is 32.4 Å². The zero-order valence-corrected chi connectivity index (χ0v) is 16.1. The van der Waals surface area contributed by atoms with Crippen molar-refractivity contribution in [3.05, 3.63) is 59.7 Å². The summed E-state index contributed by atoms with van der Waals surface area (Å²) in [6, 6.07) is 15.9. The lowest BCUT2D eigenvalue weighted by molar-refractivity contribution is -0.125. The molecule has 1 heterocycles. The van der Waals surface area contributed by atoms with Gasteiger partial charge >= 0.3 is 0 Å². The molecule has 0 bridgehead atoms. The Balaban J connectivity index is 1.43. The average Bonchev–Trinajstić information content (AvgIpc) is 3.14. The third kappa shape index (κ3) is 5.47. The van der Waals surface area contributed by atoms with Crippen molar-refractivity contribution in [3.8, 4) is 11.5 Å². The lowest BCUT2D eigenvalue weighted by Gasteiger charge is -2.24. The van der Waals surface area contributed by atoms with E-state index in [0.29, 0.717) is 13.2 Å². The fraction of sp³-hybridized carbons (Fsp3) is 0.409. The van der Waals surface area contributed by atoms with Gasteiger partial charge in [0.05, 0.1) is 19.7 Å². The van der Waals surface area contributed by atoms with Gasteiger partial charge in [-0.15, -0.1) is 0 Å². The standard InChI is InChI=1S/C22H28N2O3/c1-17-5-3-6-18(15-17)16-24-13-4-7-21(24)22(25)23-12-14-27-20-10-8-19(26-2)9-11-20/h3,5-6,8-11,15,21H,4,7,12-14,16H2,1-2H3,(H,23,25). The first-order chi connectivity index (χ1) is 13.2. The highest BCUT2D eigenvalue weighted by Gasteiger charge is 2.30. The topological polar surface area (TPSA) is 50.8 Å². The van der Waals surface area contributed by atoms with Gasteiger partial charge in [0.15, 0.2) is 0 Å². The van der Waals surface area contributed by atoms with E-state index < -0.39 is 0 Å². The van der Waals surface area contributed by atoms with Gasteiger partial charge in [0.25, 0.3) is 0 Å². The van der Waals surface area contributed by atoms with Crippen molar-refractivity contribution in [2.75, 3.05) is 26.8 Å². The molecule has 2 aromatic rings. The van der Waals surface area contributed by atoms with Crippen LogP contribution in [0, 0.1) is 6.92 Å². The number of ether oxygens (including phenoxy) is 2. The summed E-state index contributed by atoms with van der Waals surface area (Å²) in [6.45, 7) is 4.83. The van der Waals surface area contributed by atoms with Gasteiger partial charge in [0.2, 0.25) is 5.91 Å². The molecule has 1 saturated heterocycles. The molecule has 0 radical (unpaired) electrons. The van der Waals surface area contributed by atoms with Crippen LogP contribution in [0.3, 0.4) is 0 Å². The minimum absolute atomic E-state index is 0.0495. The molecule has 5 heteroatoms. The number of hydrogen-bond acceptors (Lipinski definition) is 4. The zero-order chi connectivity index (χ0) is 19.1. The normalized spacial score (nSPS) is 16.9. The van der Waals surface area contributed by atoms with Crippen LogP contribution in [0.25, 0.3) is 0 Å². The summed E-state index contributed by atoms with van der Waals surface area (Å²) in [5.74, 6) is 1.66.